The molecule has 4 N–H and O–H groups in total. The molecule has 0 aliphatic heterocycles. The summed E-state index contributed by atoms with van der Waals surface area (Å²) < 4.78 is 16.0. The van der Waals surface area contributed by atoms with Gasteiger partial charge in [-0.2, -0.15) is 0 Å². The van der Waals surface area contributed by atoms with Gasteiger partial charge in [-0.05, 0) is 66.2 Å². The van der Waals surface area contributed by atoms with E-state index in [1.165, 1.54) is 0 Å². The van der Waals surface area contributed by atoms with Gasteiger partial charge in [-0.1, -0.05) is 18.2 Å². The molecule has 1 heterocycles. The van der Waals surface area contributed by atoms with Crippen LogP contribution in [0.15, 0.2) is 85.1 Å². The van der Waals surface area contributed by atoms with Crippen molar-refractivity contribution in [2.75, 3.05) is 11.9 Å². The minimum absolute atomic E-state index is 0.347. The number of nitrogens with one attached hydrogen (secondary N) is 2. The second-order valence-corrected chi connectivity index (χ2v) is 7.15. The van der Waals surface area contributed by atoms with Crippen molar-refractivity contribution in [2.24, 2.45) is 5.73 Å². The lowest BCUT2D eigenvalue weighted by Gasteiger charge is -2.09. The van der Waals surface area contributed by atoms with Crippen LogP contribution in [0.1, 0.15) is 5.82 Å². The lowest BCUT2D eigenvalue weighted by atomic mass is 10.1. The number of nitrogens with two attached hydrogens (primary N) is 1. The average molecular weight is 458 g/mol. The van der Waals surface area contributed by atoms with Gasteiger partial charge < -0.3 is 30.2 Å². The van der Waals surface area contributed by atoms with Gasteiger partial charge in [0.15, 0.2) is 6.61 Å². The van der Waals surface area contributed by atoms with Crippen molar-refractivity contribution in [3.63, 3.8) is 0 Å². The maximum absolute atomic E-state index is 11.7. The predicted octanol–water partition coefficient (Wildman–Crippen LogP) is 4.48. The smallest absolute Gasteiger partial charge is 0.405 e. The number of hydrogen-bond acceptors (Lipinski definition) is 6. The SMILES string of the molecule is NC(=O)OCC(=O)Nc1ccc(Oc2ccc(-c3cnc(COc4ccccc4)[nH]3)cc2)cc1. The Kier molecular flexibility index (Phi) is 7.04. The maximum Gasteiger partial charge on any atom is 0.405 e. The van der Waals surface area contributed by atoms with Crippen molar-refractivity contribution in [1.29, 1.82) is 0 Å². The minimum atomic E-state index is -1.00. The van der Waals surface area contributed by atoms with Gasteiger partial charge in [0, 0.05) is 5.69 Å². The number of carbonyl (C=O) groups excluding carboxylic acids is 2. The van der Waals surface area contributed by atoms with Crippen LogP contribution in [0.5, 0.6) is 17.2 Å². The summed E-state index contributed by atoms with van der Waals surface area (Å²) in [7, 11) is 0. The Hall–Kier alpha value is -4.79. The van der Waals surface area contributed by atoms with E-state index in [4.69, 9.17) is 15.2 Å². The largest absolute Gasteiger partial charge is 0.486 e. The summed E-state index contributed by atoms with van der Waals surface area (Å²) in [6, 6.07) is 23.9. The zero-order chi connectivity index (χ0) is 23.8. The van der Waals surface area contributed by atoms with Crippen molar-refractivity contribution >= 4 is 17.7 Å². The molecule has 172 valence electrons. The van der Waals surface area contributed by atoms with E-state index >= 15 is 0 Å². The van der Waals surface area contributed by atoms with Gasteiger partial charge in [0.2, 0.25) is 0 Å². The second-order valence-electron chi connectivity index (χ2n) is 7.15. The molecule has 9 nitrogen and oxygen atoms in total. The fraction of sp³-hybridized carbons (Fsp3) is 0.0800. The molecule has 0 atom stereocenters. The highest BCUT2D eigenvalue weighted by atomic mass is 16.5. The van der Waals surface area contributed by atoms with Crippen LogP contribution >= 0.6 is 0 Å². The zero-order valence-electron chi connectivity index (χ0n) is 18.1. The normalized spacial score (nSPS) is 10.4. The summed E-state index contributed by atoms with van der Waals surface area (Å²) in [4.78, 5) is 29.8. The van der Waals surface area contributed by atoms with Crippen LogP contribution < -0.4 is 20.5 Å². The molecule has 0 aliphatic carbocycles. The van der Waals surface area contributed by atoms with Crippen LogP contribution in [0.25, 0.3) is 11.3 Å². The molecule has 0 aliphatic rings. The molecule has 4 rings (SSSR count). The second kappa shape index (κ2) is 10.7. The molecule has 0 radical (unpaired) electrons. The highest BCUT2D eigenvalue weighted by molar-refractivity contribution is 5.92. The Balaban J connectivity index is 1.30. The molecule has 4 aromatic rings. The minimum Gasteiger partial charge on any atom is -0.486 e. The summed E-state index contributed by atoms with van der Waals surface area (Å²) in [5.41, 5.74) is 7.20. The number of anilines is 1. The van der Waals surface area contributed by atoms with Gasteiger partial charge in [-0.3, -0.25) is 4.79 Å². The first-order valence-electron chi connectivity index (χ1n) is 10.4. The number of imidazole rings is 1. The standard InChI is InChI=1S/C25H22N4O5/c26-25(31)33-16-24(30)28-18-8-12-21(13-9-18)34-20-10-6-17(7-11-20)22-14-27-23(29-22)15-32-19-4-2-1-3-5-19/h1-14H,15-16H2,(H2,26,31)(H,27,29)(H,28,30). The molecule has 1 aromatic heterocycles. The molecule has 2 amide bonds. The first kappa shape index (κ1) is 22.4. The van der Waals surface area contributed by atoms with Crippen LogP contribution in [0, 0.1) is 0 Å². The third-order valence-electron chi connectivity index (χ3n) is 4.63. The number of benzene rings is 3. The molecule has 34 heavy (non-hydrogen) atoms. The molecular formula is C25H22N4O5. The van der Waals surface area contributed by atoms with Crippen molar-refractivity contribution < 1.29 is 23.8 Å². The summed E-state index contributed by atoms with van der Waals surface area (Å²) in [5.74, 6) is 2.28. The fourth-order valence-corrected chi connectivity index (χ4v) is 3.03. The number of ether oxygens (including phenoxy) is 3. The van der Waals surface area contributed by atoms with Crippen molar-refractivity contribution in [3.05, 3.63) is 90.9 Å². The van der Waals surface area contributed by atoms with E-state index in [1.807, 2.05) is 54.6 Å². The van der Waals surface area contributed by atoms with Gasteiger partial charge in [-0.25, -0.2) is 9.78 Å². The lowest BCUT2D eigenvalue weighted by Crippen LogP contribution is -2.23. The van der Waals surface area contributed by atoms with E-state index in [9.17, 15) is 9.59 Å². The summed E-state index contributed by atoms with van der Waals surface area (Å²) in [5, 5.41) is 2.59. The van der Waals surface area contributed by atoms with E-state index in [0.717, 1.165) is 22.8 Å². The van der Waals surface area contributed by atoms with Crippen LogP contribution in [0.2, 0.25) is 0 Å². The number of rotatable bonds is 9. The van der Waals surface area contributed by atoms with Gasteiger partial charge in [0.05, 0.1) is 11.9 Å². The van der Waals surface area contributed by atoms with Crippen molar-refractivity contribution in [2.45, 2.75) is 6.61 Å². The molecule has 0 saturated carbocycles. The van der Waals surface area contributed by atoms with E-state index in [-0.39, 0.29) is 0 Å². The van der Waals surface area contributed by atoms with Gasteiger partial charge in [-0.15, -0.1) is 0 Å². The molecule has 0 bridgehead atoms. The highest BCUT2D eigenvalue weighted by Crippen LogP contribution is 2.26. The highest BCUT2D eigenvalue weighted by Gasteiger charge is 2.07. The number of nitrogens with zero attached hydrogens (tertiary/aromatic N) is 1. The molecule has 3 aromatic carbocycles. The molecule has 0 unspecified atom stereocenters. The number of aromatic amines is 1. The van der Waals surface area contributed by atoms with Crippen molar-refractivity contribution in [1.82, 2.24) is 9.97 Å². The first-order chi connectivity index (χ1) is 16.5. The summed E-state index contributed by atoms with van der Waals surface area (Å²) >= 11 is 0. The van der Waals surface area contributed by atoms with Crippen LogP contribution in [-0.2, 0) is 16.1 Å². The Morgan fingerprint density at radius 2 is 1.56 bits per heavy atom. The molecule has 0 spiro atoms. The number of amides is 2. The number of H-pyrrole nitrogens is 1. The zero-order valence-corrected chi connectivity index (χ0v) is 18.1. The Morgan fingerprint density at radius 1 is 0.882 bits per heavy atom. The Morgan fingerprint density at radius 3 is 2.24 bits per heavy atom. The van der Waals surface area contributed by atoms with E-state index < -0.39 is 18.6 Å². The van der Waals surface area contributed by atoms with E-state index in [1.54, 1.807) is 30.5 Å². The van der Waals surface area contributed by atoms with Gasteiger partial charge in [0.25, 0.3) is 5.91 Å². The Labute approximate surface area is 195 Å². The summed E-state index contributed by atoms with van der Waals surface area (Å²) in [6.07, 6.45) is 0.760. The number of hydrogen-bond donors (Lipinski definition) is 3. The average Bonchev–Trinajstić information content (AvgIpc) is 3.33. The van der Waals surface area contributed by atoms with Crippen molar-refractivity contribution in [3.8, 4) is 28.5 Å². The molecule has 0 saturated heterocycles. The number of primary amides is 1. The monoisotopic (exact) mass is 458 g/mol. The lowest BCUT2D eigenvalue weighted by molar-refractivity contribution is -0.118. The van der Waals surface area contributed by atoms with E-state index in [2.05, 4.69) is 20.0 Å². The third kappa shape index (κ3) is 6.36. The number of carbonyl (C=O) groups is 2. The quantitative estimate of drug-likeness (QED) is 0.339. The van der Waals surface area contributed by atoms with Crippen LogP contribution in [-0.4, -0.2) is 28.6 Å². The van der Waals surface area contributed by atoms with Crippen LogP contribution in [0.3, 0.4) is 0 Å². The van der Waals surface area contributed by atoms with Crippen LogP contribution in [0.4, 0.5) is 10.5 Å². The first-order valence-corrected chi connectivity index (χ1v) is 10.4. The van der Waals surface area contributed by atoms with E-state index in [0.29, 0.717) is 23.8 Å². The maximum atomic E-state index is 11.7. The molecular weight excluding hydrogens is 436 g/mol. The fourth-order valence-electron chi connectivity index (χ4n) is 3.03. The van der Waals surface area contributed by atoms with Gasteiger partial charge in [0.1, 0.15) is 29.7 Å². The Bertz CT molecular complexity index is 1240. The summed E-state index contributed by atoms with van der Waals surface area (Å²) in [6.45, 7) is -0.0996. The molecule has 0 fully saturated rings. The predicted molar refractivity (Wildman–Crippen MR) is 125 cm³/mol. The number of aromatic nitrogens is 2. The third-order valence-corrected chi connectivity index (χ3v) is 4.63. The van der Waals surface area contributed by atoms with Gasteiger partial charge >= 0.3 is 6.09 Å². The number of para-hydroxylation sites is 1. The topological polar surface area (TPSA) is 129 Å². The molecule has 9 heteroatoms.